The monoisotopic (exact) mass is 316 g/mol. The van der Waals surface area contributed by atoms with Gasteiger partial charge in [-0.2, -0.15) is 0 Å². The lowest BCUT2D eigenvalue weighted by Crippen LogP contribution is -2.50. The summed E-state index contributed by atoms with van der Waals surface area (Å²) in [5, 5.41) is 0. The Hall–Kier alpha value is -0.875. The van der Waals surface area contributed by atoms with Gasteiger partial charge in [-0.05, 0) is 39.7 Å². The summed E-state index contributed by atoms with van der Waals surface area (Å²) in [6.07, 6.45) is 0.993. The molecule has 126 valence electrons. The van der Waals surface area contributed by atoms with E-state index >= 15 is 0 Å². The lowest BCUT2D eigenvalue weighted by atomic mass is 9.79. The summed E-state index contributed by atoms with van der Waals surface area (Å²) in [5.74, 6) is 0. The molecule has 0 aliphatic carbocycles. The third kappa shape index (κ3) is 3.63. The van der Waals surface area contributed by atoms with Crippen molar-refractivity contribution in [3.8, 4) is 0 Å². The van der Waals surface area contributed by atoms with Crippen molar-refractivity contribution in [2.24, 2.45) is 0 Å². The molecule has 0 aromatic heterocycles. The minimum Gasteiger partial charge on any atom is -0.399 e. The molecule has 23 heavy (non-hydrogen) atoms. The number of hydrogen-bond acceptors (Lipinski definition) is 4. The molecule has 2 heterocycles. The second kappa shape index (κ2) is 6.56. The molecule has 0 spiro atoms. The van der Waals surface area contributed by atoms with Crippen LogP contribution in [0.5, 0.6) is 0 Å². The Labute approximate surface area is 140 Å². The topological polar surface area (TPSA) is 24.9 Å². The SMILES string of the molecule is CN1CCN(CCC2(C)OB(c3ccccc3)OC2(C)C)CC1. The van der Waals surface area contributed by atoms with Gasteiger partial charge in [0.1, 0.15) is 0 Å². The summed E-state index contributed by atoms with van der Waals surface area (Å²) in [6, 6.07) is 10.2. The first-order valence-corrected chi connectivity index (χ1v) is 8.71. The highest BCUT2D eigenvalue weighted by atomic mass is 16.7. The summed E-state index contributed by atoms with van der Waals surface area (Å²) < 4.78 is 12.7. The van der Waals surface area contributed by atoms with Gasteiger partial charge < -0.3 is 19.1 Å². The van der Waals surface area contributed by atoms with E-state index in [-0.39, 0.29) is 18.3 Å². The van der Waals surface area contributed by atoms with Crippen LogP contribution in [0, 0.1) is 0 Å². The summed E-state index contributed by atoms with van der Waals surface area (Å²) in [5.41, 5.74) is 0.542. The van der Waals surface area contributed by atoms with Crippen molar-refractivity contribution in [3.05, 3.63) is 30.3 Å². The summed E-state index contributed by atoms with van der Waals surface area (Å²) in [6.45, 7) is 12.2. The highest BCUT2D eigenvalue weighted by Crippen LogP contribution is 2.39. The quantitative estimate of drug-likeness (QED) is 0.788. The molecular formula is C18H29BN2O2. The second-order valence-electron chi connectivity index (χ2n) is 7.61. The van der Waals surface area contributed by atoms with Crippen LogP contribution in [-0.2, 0) is 9.31 Å². The van der Waals surface area contributed by atoms with Gasteiger partial charge in [0, 0.05) is 32.7 Å². The number of likely N-dealkylation sites (N-methyl/N-ethyl adjacent to an activating group) is 1. The highest BCUT2D eigenvalue weighted by Gasteiger charge is 2.54. The average Bonchev–Trinajstić information content (AvgIpc) is 2.78. The highest BCUT2D eigenvalue weighted by molar-refractivity contribution is 6.62. The van der Waals surface area contributed by atoms with Crippen LogP contribution in [0.2, 0.25) is 0 Å². The van der Waals surface area contributed by atoms with E-state index in [1.165, 1.54) is 0 Å². The molecule has 1 aromatic carbocycles. The fourth-order valence-electron chi connectivity index (χ4n) is 3.34. The fraction of sp³-hybridized carbons (Fsp3) is 0.667. The van der Waals surface area contributed by atoms with Gasteiger partial charge in [-0.1, -0.05) is 30.3 Å². The van der Waals surface area contributed by atoms with Crippen molar-refractivity contribution in [3.63, 3.8) is 0 Å². The minimum absolute atomic E-state index is 0.260. The molecule has 0 bridgehead atoms. The van der Waals surface area contributed by atoms with Crippen molar-refractivity contribution in [1.29, 1.82) is 0 Å². The van der Waals surface area contributed by atoms with E-state index in [2.05, 4.69) is 49.8 Å². The van der Waals surface area contributed by atoms with Crippen LogP contribution in [0.4, 0.5) is 0 Å². The third-order valence-electron chi connectivity index (χ3n) is 5.62. The van der Waals surface area contributed by atoms with Gasteiger partial charge >= 0.3 is 7.12 Å². The van der Waals surface area contributed by atoms with Crippen LogP contribution >= 0.6 is 0 Å². The van der Waals surface area contributed by atoms with Gasteiger partial charge in [-0.15, -0.1) is 0 Å². The van der Waals surface area contributed by atoms with Gasteiger partial charge in [-0.3, -0.25) is 0 Å². The molecule has 0 amide bonds. The first-order valence-electron chi connectivity index (χ1n) is 8.71. The molecule has 0 saturated carbocycles. The van der Waals surface area contributed by atoms with Gasteiger partial charge in [0.05, 0.1) is 11.2 Å². The minimum atomic E-state index is -0.292. The molecule has 2 saturated heterocycles. The maximum Gasteiger partial charge on any atom is 0.494 e. The van der Waals surface area contributed by atoms with E-state index in [4.69, 9.17) is 9.31 Å². The summed E-state index contributed by atoms with van der Waals surface area (Å²) in [7, 11) is 1.93. The van der Waals surface area contributed by atoms with Crippen molar-refractivity contribution in [1.82, 2.24) is 9.80 Å². The number of hydrogen-bond donors (Lipinski definition) is 0. The number of piperazine rings is 1. The maximum absolute atomic E-state index is 6.40. The van der Waals surface area contributed by atoms with Crippen LogP contribution in [0.15, 0.2) is 30.3 Å². The van der Waals surface area contributed by atoms with E-state index in [1.807, 2.05) is 18.2 Å². The zero-order chi connectivity index (χ0) is 16.5. The van der Waals surface area contributed by atoms with Crippen LogP contribution in [0.1, 0.15) is 27.2 Å². The predicted octanol–water partition coefficient (Wildman–Crippen LogP) is 1.60. The first kappa shape index (κ1) is 17.0. The number of nitrogens with zero attached hydrogens (tertiary/aromatic N) is 2. The van der Waals surface area contributed by atoms with Crippen molar-refractivity contribution in [2.45, 2.75) is 38.4 Å². The summed E-state index contributed by atoms with van der Waals surface area (Å²) in [4.78, 5) is 4.93. The van der Waals surface area contributed by atoms with Crippen LogP contribution in [-0.4, -0.2) is 67.9 Å². The maximum atomic E-state index is 6.40. The Bertz CT molecular complexity index is 517. The smallest absolute Gasteiger partial charge is 0.399 e. The van der Waals surface area contributed by atoms with E-state index in [1.54, 1.807) is 0 Å². The molecular weight excluding hydrogens is 287 g/mol. The lowest BCUT2D eigenvalue weighted by Gasteiger charge is -2.39. The predicted molar refractivity (Wildman–Crippen MR) is 95.0 cm³/mol. The van der Waals surface area contributed by atoms with Crippen LogP contribution in [0.25, 0.3) is 0 Å². The Morgan fingerprint density at radius 3 is 2.30 bits per heavy atom. The standard InChI is InChI=1S/C18H29BN2O2/c1-17(2)18(3,10-11-21-14-12-20(4)13-15-21)23-19(22-17)16-8-6-5-7-9-16/h5-9H,10-15H2,1-4H3. The van der Waals surface area contributed by atoms with Gasteiger partial charge in [-0.25, -0.2) is 0 Å². The molecule has 2 aliphatic rings. The van der Waals surface area contributed by atoms with E-state index in [9.17, 15) is 0 Å². The Morgan fingerprint density at radius 1 is 1.00 bits per heavy atom. The van der Waals surface area contributed by atoms with Gasteiger partial charge in [0.2, 0.25) is 0 Å². The fourth-order valence-corrected chi connectivity index (χ4v) is 3.34. The van der Waals surface area contributed by atoms with E-state index in [0.29, 0.717) is 0 Å². The molecule has 2 fully saturated rings. The van der Waals surface area contributed by atoms with E-state index < -0.39 is 0 Å². The second-order valence-corrected chi connectivity index (χ2v) is 7.61. The van der Waals surface area contributed by atoms with Gasteiger partial charge in [0.25, 0.3) is 0 Å². The Morgan fingerprint density at radius 2 is 1.65 bits per heavy atom. The molecule has 0 N–H and O–H groups in total. The first-order chi connectivity index (χ1) is 10.9. The number of rotatable bonds is 4. The van der Waals surface area contributed by atoms with Crippen LogP contribution < -0.4 is 5.46 Å². The average molecular weight is 316 g/mol. The zero-order valence-corrected chi connectivity index (χ0v) is 14.9. The molecule has 5 heteroatoms. The molecule has 1 aromatic rings. The Kier molecular flexibility index (Phi) is 4.84. The molecule has 2 aliphatic heterocycles. The van der Waals surface area contributed by atoms with Crippen LogP contribution in [0.3, 0.4) is 0 Å². The molecule has 4 nitrogen and oxygen atoms in total. The molecule has 3 rings (SSSR count). The number of benzene rings is 1. The van der Waals surface area contributed by atoms with Crippen molar-refractivity contribution in [2.75, 3.05) is 39.8 Å². The van der Waals surface area contributed by atoms with Gasteiger partial charge in [0.15, 0.2) is 0 Å². The lowest BCUT2D eigenvalue weighted by molar-refractivity contribution is -0.0237. The molecule has 1 atom stereocenters. The van der Waals surface area contributed by atoms with Crippen molar-refractivity contribution >= 4 is 12.6 Å². The van der Waals surface area contributed by atoms with E-state index in [0.717, 1.165) is 44.6 Å². The molecule has 0 radical (unpaired) electrons. The molecule has 1 unspecified atom stereocenters. The largest absolute Gasteiger partial charge is 0.494 e. The van der Waals surface area contributed by atoms with Crippen molar-refractivity contribution < 1.29 is 9.31 Å². The summed E-state index contributed by atoms with van der Waals surface area (Å²) >= 11 is 0. The third-order valence-corrected chi connectivity index (χ3v) is 5.62. The Balaban J connectivity index is 1.63. The zero-order valence-electron chi connectivity index (χ0n) is 14.9. The normalized spacial score (nSPS) is 29.1.